The van der Waals surface area contributed by atoms with Gasteiger partial charge in [0.1, 0.15) is 12.4 Å². The van der Waals surface area contributed by atoms with Crippen LogP contribution in [0.5, 0.6) is 11.5 Å². The Balaban J connectivity index is 1.81. The van der Waals surface area contributed by atoms with Crippen LogP contribution in [-0.4, -0.2) is 54.2 Å². The van der Waals surface area contributed by atoms with E-state index in [2.05, 4.69) is 5.32 Å². The average Bonchev–Trinajstić information content (AvgIpc) is 3.29. The average molecular weight is 571 g/mol. The molecule has 4 aromatic rings. The van der Waals surface area contributed by atoms with Gasteiger partial charge in [-0.05, 0) is 56.2 Å². The van der Waals surface area contributed by atoms with Gasteiger partial charge in [-0.15, -0.1) is 11.8 Å². The molecule has 0 bridgehead atoms. The van der Waals surface area contributed by atoms with Crippen molar-refractivity contribution >= 4 is 29.4 Å². The number of methoxy groups -OCH3 is 2. The van der Waals surface area contributed by atoms with Crippen molar-refractivity contribution in [1.82, 2.24) is 15.1 Å². The quantitative estimate of drug-likeness (QED) is 0.299. The monoisotopic (exact) mass is 570 g/mol. The number of carbonyl (C=O) groups excluding carboxylic acids is 2. The number of amides is 2. The van der Waals surface area contributed by atoms with Crippen LogP contribution < -0.4 is 19.7 Å². The van der Waals surface area contributed by atoms with Crippen molar-refractivity contribution in [3.8, 4) is 28.4 Å². The number of nitrogens with one attached hydrogen (secondary N) is 1. The zero-order chi connectivity index (χ0) is 29.1. The highest BCUT2D eigenvalue weighted by Gasteiger charge is 2.38. The van der Waals surface area contributed by atoms with Crippen molar-refractivity contribution in [2.45, 2.75) is 32.1 Å². The lowest BCUT2D eigenvalue weighted by Crippen LogP contribution is -2.44. The molecule has 0 saturated heterocycles. The Morgan fingerprint density at radius 3 is 2.46 bits per heavy atom. The van der Waals surface area contributed by atoms with Crippen molar-refractivity contribution in [3.63, 3.8) is 0 Å². The number of ether oxygens (including phenoxy) is 2. The number of rotatable bonds is 8. The van der Waals surface area contributed by atoms with Gasteiger partial charge in [-0.1, -0.05) is 48.5 Å². The molecule has 1 aromatic heterocycles. The van der Waals surface area contributed by atoms with Gasteiger partial charge < -0.3 is 14.8 Å². The second-order valence-corrected chi connectivity index (χ2v) is 11.3. The first kappa shape index (κ1) is 28.3. The van der Waals surface area contributed by atoms with Crippen LogP contribution in [0.15, 0.2) is 72.8 Å². The van der Waals surface area contributed by atoms with Crippen molar-refractivity contribution < 1.29 is 19.1 Å². The minimum Gasteiger partial charge on any atom is -0.493 e. The summed E-state index contributed by atoms with van der Waals surface area (Å²) >= 11 is 1.51. The first-order valence-corrected chi connectivity index (χ1v) is 14.5. The van der Waals surface area contributed by atoms with Gasteiger partial charge in [0.25, 0.3) is 0 Å². The van der Waals surface area contributed by atoms with Gasteiger partial charge in [-0.3, -0.25) is 14.5 Å². The number of nitrogens with zero attached hydrogens (tertiary/aromatic N) is 3. The SMILES string of the molecule is COc1ccc([C@H]2SCC(=O)N(CC(=O)NC(C)C)c3c2c(-c2ccccc2)nn3-c2cccc(C)c2)cc1OC. The number of hydrogen-bond acceptors (Lipinski definition) is 6. The molecule has 2 heterocycles. The van der Waals surface area contributed by atoms with E-state index in [1.165, 1.54) is 11.8 Å². The van der Waals surface area contributed by atoms with E-state index in [9.17, 15) is 9.59 Å². The second kappa shape index (κ2) is 12.1. The van der Waals surface area contributed by atoms with Crippen LogP contribution in [-0.2, 0) is 9.59 Å². The number of thioether (sulfide) groups is 1. The zero-order valence-corrected chi connectivity index (χ0v) is 24.7. The Labute approximate surface area is 244 Å². The first-order valence-electron chi connectivity index (χ1n) is 13.5. The van der Waals surface area contributed by atoms with Crippen molar-refractivity contribution in [2.75, 3.05) is 31.4 Å². The molecule has 41 heavy (non-hydrogen) atoms. The van der Waals surface area contributed by atoms with Crippen molar-refractivity contribution in [3.05, 3.63) is 89.5 Å². The molecule has 212 valence electrons. The standard InChI is InChI=1S/C32H34N4O4S/c1-20(2)33-27(37)18-35-28(38)19-41-31(23-14-15-25(39-4)26(17-23)40-5)29-30(22-11-7-6-8-12-22)34-36(32(29)35)24-13-9-10-21(3)16-24/h6-17,20,31H,18-19H2,1-5H3,(H,33,37)/t31-/m1/s1. The Hall–Kier alpha value is -4.24. The minimum absolute atomic E-state index is 0.0560. The summed E-state index contributed by atoms with van der Waals surface area (Å²) in [4.78, 5) is 28.5. The molecule has 1 atom stereocenters. The Morgan fingerprint density at radius 2 is 1.78 bits per heavy atom. The topological polar surface area (TPSA) is 85.7 Å². The van der Waals surface area contributed by atoms with Crippen LogP contribution in [0.25, 0.3) is 16.9 Å². The number of fused-ring (bicyclic) bond motifs is 1. The van der Waals surface area contributed by atoms with Crippen molar-refractivity contribution in [2.24, 2.45) is 0 Å². The molecule has 1 aliphatic heterocycles. The fourth-order valence-corrected chi connectivity index (χ4v) is 6.25. The third kappa shape index (κ3) is 5.81. The van der Waals surface area contributed by atoms with Gasteiger partial charge >= 0.3 is 0 Å². The first-order chi connectivity index (χ1) is 19.8. The highest BCUT2D eigenvalue weighted by atomic mass is 32.2. The molecule has 0 radical (unpaired) electrons. The minimum atomic E-state index is -0.277. The second-order valence-electron chi connectivity index (χ2n) is 10.2. The highest BCUT2D eigenvalue weighted by molar-refractivity contribution is 8.00. The van der Waals surface area contributed by atoms with Crippen LogP contribution >= 0.6 is 11.8 Å². The Kier molecular flexibility index (Phi) is 8.35. The lowest BCUT2D eigenvalue weighted by Gasteiger charge is -2.24. The predicted molar refractivity (Wildman–Crippen MR) is 163 cm³/mol. The molecule has 1 aliphatic rings. The van der Waals surface area contributed by atoms with Gasteiger partial charge in [0.05, 0.1) is 36.6 Å². The number of benzene rings is 3. The van der Waals surface area contributed by atoms with Gasteiger partial charge in [0.15, 0.2) is 11.5 Å². The fraction of sp³-hybridized carbons (Fsp3) is 0.281. The van der Waals surface area contributed by atoms with E-state index >= 15 is 0 Å². The zero-order valence-electron chi connectivity index (χ0n) is 23.9. The molecule has 2 amide bonds. The third-order valence-electron chi connectivity index (χ3n) is 6.84. The summed E-state index contributed by atoms with van der Waals surface area (Å²) in [5.41, 5.74) is 5.33. The molecule has 0 unspecified atom stereocenters. The Morgan fingerprint density at radius 1 is 1.02 bits per heavy atom. The number of aromatic nitrogens is 2. The summed E-state index contributed by atoms with van der Waals surface area (Å²) in [5.74, 6) is 1.60. The van der Waals surface area contributed by atoms with E-state index in [1.807, 2.05) is 98.2 Å². The molecule has 5 rings (SSSR count). The van der Waals surface area contributed by atoms with Gasteiger partial charge in [-0.25, -0.2) is 4.68 Å². The summed E-state index contributed by atoms with van der Waals surface area (Å²) in [6.45, 7) is 5.71. The molecular weight excluding hydrogens is 536 g/mol. The third-order valence-corrected chi connectivity index (χ3v) is 8.10. The summed E-state index contributed by atoms with van der Waals surface area (Å²) in [7, 11) is 3.21. The molecular formula is C32H34N4O4S. The maximum atomic E-state index is 13.8. The highest BCUT2D eigenvalue weighted by Crippen LogP contribution is 2.49. The fourth-order valence-electron chi connectivity index (χ4n) is 5.06. The summed E-state index contributed by atoms with van der Waals surface area (Å²) < 4.78 is 12.9. The van der Waals surface area contributed by atoms with E-state index in [-0.39, 0.29) is 35.4 Å². The van der Waals surface area contributed by atoms with Gasteiger partial charge in [0.2, 0.25) is 11.8 Å². The molecule has 9 heteroatoms. The van der Waals surface area contributed by atoms with Gasteiger partial charge in [-0.2, -0.15) is 5.10 Å². The predicted octanol–water partition coefficient (Wildman–Crippen LogP) is 5.56. The van der Waals surface area contributed by atoms with E-state index in [0.717, 1.165) is 33.6 Å². The number of carbonyl (C=O) groups is 2. The van der Waals surface area contributed by atoms with E-state index in [1.54, 1.807) is 19.1 Å². The molecule has 1 N–H and O–H groups in total. The summed E-state index contributed by atoms with van der Waals surface area (Å²) in [6.07, 6.45) is 0. The van der Waals surface area contributed by atoms with Crippen LogP contribution in [0.2, 0.25) is 0 Å². The molecule has 0 spiro atoms. The molecule has 0 saturated carbocycles. The summed E-state index contributed by atoms with van der Waals surface area (Å²) in [5, 5.41) is 7.80. The van der Waals surface area contributed by atoms with Crippen LogP contribution in [0.4, 0.5) is 5.82 Å². The van der Waals surface area contributed by atoms with Crippen molar-refractivity contribution in [1.29, 1.82) is 0 Å². The molecule has 3 aromatic carbocycles. The molecule has 0 fully saturated rings. The van der Waals surface area contributed by atoms with E-state index < -0.39 is 0 Å². The molecule has 8 nitrogen and oxygen atoms in total. The van der Waals surface area contributed by atoms with Crippen LogP contribution in [0, 0.1) is 6.92 Å². The number of aryl methyl sites for hydroxylation is 1. The number of anilines is 1. The molecule has 0 aliphatic carbocycles. The normalized spacial score (nSPS) is 14.9. The van der Waals surface area contributed by atoms with Crippen LogP contribution in [0.3, 0.4) is 0 Å². The smallest absolute Gasteiger partial charge is 0.240 e. The maximum Gasteiger partial charge on any atom is 0.240 e. The van der Waals surface area contributed by atoms with Crippen LogP contribution in [0.1, 0.15) is 35.8 Å². The number of hydrogen-bond donors (Lipinski definition) is 1. The lowest BCUT2D eigenvalue weighted by molar-refractivity contribution is -0.123. The Bertz CT molecular complexity index is 1570. The summed E-state index contributed by atoms with van der Waals surface area (Å²) in [6, 6.07) is 23.7. The van der Waals surface area contributed by atoms with Gasteiger partial charge in [0, 0.05) is 17.2 Å². The van der Waals surface area contributed by atoms with E-state index in [4.69, 9.17) is 14.6 Å². The largest absolute Gasteiger partial charge is 0.493 e. The van der Waals surface area contributed by atoms with E-state index in [0.29, 0.717) is 17.3 Å². The lowest BCUT2D eigenvalue weighted by atomic mass is 9.99. The maximum absolute atomic E-state index is 13.8.